The molecule has 0 fully saturated rings. The van der Waals surface area contributed by atoms with Crippen molar-refractivity contribution in [3.05, 3.63) is 65.0 Å². The van der Waals surface area contributed by atoms with E-state index in [1.54, 1.807) is 57.2 Å². The molecule has 0 aliphatic rings. The van der Waals surface area contributed by atoms with Crippen LogP contribution in [0.4, 0.5) is 10.5 Å². The molecule has 1 aromatic heterocycles. The lowest BCUT2D eigenvalue weighted by Gasteiger charge is -2.19. The number of ether oxygens (including phenoxy) is 1. The van der Waals surface area contributed by atoms with Crippen LogP contribution in [0.3, 0.4) is 0 Å². The summed E-state index contributed by atoms with van der Waals surface area (Å²) in [4.78, 5) is 45.7. The number of anilines is 1. The number of amides is 3. The number of aryl methyl sites for hydroxylation is 2. The first-order chi connectivity index (χ1) is 16.0. The molecule has 3 amide bonds. The van der Waals surface area contributed by atoms with Gasteiger partial charge in [0.05, 0.1) is 22.4 Å². The number of rotatable bonds is 6. The fourth-order valence-corrected chi connectivity index (χ4v) is 3.11. The van der Waals surface area contributed by atoms with E-state index in [4.69, 9.17) is 4.74 Å². The molecule has 0 spiro atoms. The molecule has 0 aliphatic heterocycles. The van der Waals surface area contributed by atoms with E-state index in [0.29, 0.717) is 22.3 Å². The third-order valence-electron chi connectivity index (χ3n) is 4.86. The van der Waals surface area contributed by atoms with Crippen molar-refractivity contribution < 1.29 is 19.1 Å². The van der Waals surface area contributed by atoms with Crippen LogP contribution < -0.4 is 16.0 Å². The van der Waals surface area contributed by atoms with Crippen molar-refractivity contribution in [3.8, 4) is 0 Å². The van der Waals surface area contributed by atoms with Crippen LogP contribution in [0.15, 0.2) is 42.5 Å². The van der Waals surface area contributed by atoms with E-state index in [0.717, 1.165) is 16.9 Å². The van der Waals surface area contributed by atoms with Gasteiger partial charge >= 0.3 is 6.09 Å². The SMILES string of the molecule is Cc1nc2ccc(C(=O)NCc3ccccc3NC(=O)CNC(=O)OC(C)(C)C)cc2nc1C. The Morgan fingerprint density at radius 2 is 1.59 bits per heavy atom. The first-order valence-corrected chi connectivity index (χ1v) is 10.9. The largest absolute Gasteiger partial charge is 0.444 e. The van der Waals surface area contributed by atoms with Crippen LogP contribution in [0, 0.1) is 13.8 Å². The summed E-state index contributed by atoms with van der Waals surface area (Å²) in [7, 11) is 0. The van der Waals surface area contributed by atoms with Crippen LogP contribution in [0.25, 0.3) is 11.0 Å². The van der Waals surface area contributed by atoms with Crippen LogP contribution in [0.2, 0.25) is 0 Å². The third kappa shape index (κ3) is 6.74. The Hall–Kier alpha value is -4.01. The lowest BCUT2D eigenvalue weighted by molar-refractivity contribution is -0.115. The molecule has 0 unspecified atom stereocenters. The molecule has 0 saturated carbocycles. The van der Waals surface area contributed by atoms with Gasteiger partial charge in [0, 0.05) is 17.8 Å². The Morgan fingerprint density at radius 1 is 0.912 bits per heavy atom. The molecule has 1 heterocycles. The molecule has 0 atom stereocenters. The van der Waals surface area contributed by atoms with Gasteiger partial charge in [-0.1, -0.05) is 18.2 Å². The molecule has 34 heavy (non-hydrogen) atoms. The van der Waals surface area contributed by atoms with Crippen LogP contribution in [0.1, 0.15) is 48.1 Å². The maximum atomic E-state index is 12.7. The summed E-state index contributed by atoms with van der Waals surface area (Å²) in [5.41, 5.74) is 4.12. The van der Waals surface area contributed by atoms with Gasteiger partial charge in [-0.2, -0.15) is 0 Å². The van der Waals surface area contributed by atoms with E-state index in [1.165, 1.54) is 0 Å². The quantitative estimate of drug-likeness (QED) is 0.513. The van der Waals surface area contributed by atoms with Gasteiger partial charge in [-0.25, -0.2) is 14.8 Å². The molecular formula is C25H29N5O4. The van der Waals surface area contributed by atoms with E-state index in [9.17, 15) is 14.4 Å². The third-order valence-corrected chi connectivity index (χ3v) is 4.86. The fraction of sp³-hybridized carbons (Fsp3) is 0.320. The van der Waals surface area contributed by atoms with E-state index in [-0.39, 0.29) is 19.0 Å². The minimum Gasteiger partial charge on any atom is -0.444 e. The highest BCUT2D eigenvalue weighted by Crippen LogP contribution is 2.17. The lowest BCUT2D eigenvalue weighted by Crippen LogP contribution is -2.37. The molecule has 178 valence electrons. The van der Waals surface area contributed by atoms with E-state index in [1.807, 2.05) is 19.9 Å². The fourth-order valence-electron chi connectivity index (χ4n) is 3.11. The number of aromatic nitrogens is 2. The van der Waals surface area contributed by atoms with Crippen LogP contribution in [-0.4, -0.2) is 40.0 Å². The molecule has 9 nitrogen and oxygen atoms in total. The number of hydrogen-bond donors (Lipinski definition) is 3. The van der Waals surface area contributed by atoms with E-state index in [2.05, 4.69) is 25.9 Å². The minimum absolute atomic E-state index is 0.200. The van der Waals surface area contributed by atoms with Crippen LogP contribution in [0.5, 0.6) is 0 Å². The summed E-state index contributed by atoms with van der Waals surface area (Å²) in [6, 6.07) is 12.3. The van der Waals surface area contributed by atoms with Crippen molar-refractivity contribution >= 4 is 34.6 Å². The minimum atomic E-state index is -0.673. The maximum Gasteiger partial charge on any atom is 0.408 e. The van der Waals surface area contributed by atoms with E-state index < -0.39 is 17.6 Å². The molecule has 3 N–H and O–H groups in total. The van der Waals surface area contributed by atoms with Gasteiger partial charge in [-0.05, 0) is 64.4 Å². The average Bonchev–Trinajstić information content (AvgIpc) is 2.76. The number of para-hydroxylation sites is 1. The first-order valence-electron chi connectivity index (χ1n) is 10.9. The number of benzene rings is 2. The predicted octanol–water partition coefficient (Wildman–Crippen LogP) is 3.64. The van der Waals surface area contributed by atoms with Crippen LogP contribution in [-0.2, 0) is 16.1 Å². The zero-order valence-electron chi connectivity index (χ0n) is 20.0. The van der Waals surface area contributed by atoms with Crippen molar-refractivity contribution in [2.45, 2.75) is 46.8 Å². The van der Waals surface area contributed by atoms with Gasteiger partial charge in [0.15, 0.2) is 0 Å². The Kier molecular flexibility index (Phi) is 7.45. The van der Waals surface area contributed by atoms with Gasteiger partial charge < -0.3 is 20.7 Å². The number of hydrogen-bond acceptors (Lipinski definition) is 6. The predicted molar refractivity (Wildman–Crippen MR) is 129 cm³/mol. The molecule has 0 radical (unpaired) electrons. The Bertz CT molecular complexity index is 1230. The van der Waals surface area contributed by atoms with Gasteiger partial charge in [0.2, 0.25) is 5.91 Å². The number of nitrogens with zero attached hydrogens (tertiary/aromatic N) is 2. The first kappa shape index (κ1) is 24.6. The zero-order chi connectivity index (χ0) is 24.9. The molecule has 2 aromatic carbocycles. The number of nitrogens with one attached hydrogen (secondary N) is 3. The summed E-state index contributed by atoms with van der Waals surface area (Å²) in [5.74, 6) is -0.682. The Labute approximate surface area is 198 Å². The molecule has 0 aliphatic carbocycles. The Balaban J connectivity index is 1.61. The average molecular weight is 464 g/mol. The summed E-state index contributed by atoms with van der Waals surface area (Å²) in [5, 5.41) is 8.03. The molecule has 3 aromatic rings. The van der Waals surface area contributed by atoms with Crippen LogP contribution >= 0.6 is 0 Å². The van der Waals surface area contributed by atoms with Gasteiger partial charge in [-0.3, -0.25) is 9.59 Å². The molecule has 0 saturated heterocycles. The van der Waals surface area contributed by atoms with E-state index >= 15 is 0 Å². The van der Waals surface area contributed by atoms with Crippen molar-refractivity contribution in [1.82, 2.24) is 20.6 Å². The second kappa shape index (κ2) is 10.3. The number of carbonyl (C=O) groups is 3. The maximum absolute atomic E-state index is 12.7. The second-order valence-electron chi connectivity index (χ2n) is 8.84. The Morgan fingerprint density at radius 3 is 2.29 bits per heavy atom. The molecule has 3 rings (SSSR count). The highest BCUT2D eigenvalue weighted by molar-refractivity contribution is 5.97. The van der Waals surface area contributed by atoms with Gasteiger partial charge in [-0.15, -0.1) is 0 Å². The van der Waals surface area contributed by atoms with Gasteiger partial charge in [0.1, 0.15) is 12.1 Å². The highest BCUT2D eigenvalue weighted by Gasteiger charge is 2.17. The van der Waals surface area contributed by atoms with Crippen molar-refractivity contribution in [1.29, 1.82) is 0 Å². The summed E-state index contributed by atoms with van der Waals surface area (Å²) >= 11 is 0. The summed E-state index contributed by atoms with van der Waals surface area (Å²) < 4.78 is 5.12. The molecule has 9 heteroatoms. The molecule has 0 bridgehead atoms. The second-order valence-corrected chi connectivity index (χ2v) is 8.84. The number of carbonyl (C=O) groups excluding carboxylic acids is 3. The van der Waals surface area contributed by atoms with Crippen molar-refractivity contribution in [3.63, 3.8) is 0 Å². The number of fused-ring (bicyclic) bond motifs is 1. The monoisotopic (exact) mass is 463 g/mol. The molecular weight excluding hydrogens is 434 g/mol. The normalized spacial score (nSPS) is 11.1. The lowest BCUT2D eigenvalue weighted by atomic mass is 10.1. The topological polar surface area (TPSA) is 122 Å². The van der Waals surface area contributed by atoms with Crippen molar-refractivity contribution in [2.75, 3.05) is 11.9 Å². The summed E-state index contributed by atoms with van der Waals surface area (Å²) in [6.45, 7) is 8.95. The standard InChI is InChI=1S/C25H29N5O4/c1-15-16(2)29-21-12-17(10-11-20(21)28-15)23(32)26-13-18-8-6-7-9-19(18)30-22(31)14-27-24(33)34-25(3,4)5/h6-12H,13-14H2,1-5H3,(H,26,32)(H,27,33)(H,30,31). The number of alkyl carbamates (subject to hydrolysis) is 1. The summed E-state index contributed by atoms with van der Waals surface area (Å²) in [6.07, 6.45) is -0.673. The highest BCUT2D eigenvalue weighted by atomic mass is 16.6. The van der Waals surface area contributed by atoms with Gasteiger partial charge in [0.25, 0.3) is 5.91 Å². The smallest absolute Gasteiger partial charge is 0.408 e. The zero-order valence-corrected chi connectivity index (χ0v) is 20.0. The van der Waals surface area contributed by atoms with Crippen molar-refractivity contribution in [2.24, 2.45) is 0 Å².